The van der Waals surface area contributed by atoms with Crippen LogP contribution in [0.4, 0.5) is 0 Å². The van der Waals surface area contributed by atoms with Gasteiger partial charge < -0.3 is 4.42 Å². The lowest BCUT2D eigenvalue weighted by Gasteiger charge is -2.18. The Morgan fingerprint density at radius 1 is 0.283 bits per heavy atom. The van der Waals surface area contributed by atoms with Crippen LogP contribution in [-0.4, -0.2) is 0 Å². The van der Waals surface area contributed by atoms with Gasteiger partial charge in [-0.15, -0.1) is 11.3 Å². The van der Waals surface area contributed by atoms with Gasteiger partial charge in [0.15, 0.2) is 0 Å². The lowest BCUT2D eigenvalue weighted by atomic mass is 9.84. The maximum absolute atomic E-state index is 6.89. The molecule has 0 atom stereocenters. The van der Waals surface area contributed by atoms with Gasteiger partial charge in [0.1, 0.15) is 11.2 Å². The Morgan fingerprint density at radius 3 is 1.37 bits per heavy atom. The molecular weight excluding hydrogens is 745 g/mol. The van der Waals surface area contributed by atoms with E-state index < -0.39 is 0 Å². The van der Waals surface area contributed by atoms with Crippen molar-refractivity contribution in [2.24, 2.45) is 0 Å². The third-order valence-electron chi connectivity index (χ3n) is 12.7. The molecule has 0 spiro atoms. The first-order valence-electron chi connectivity index (χ1n) is 20.6. The van der Waals surface area contributed by atoms with Crippen molar-refractivity contribution >= 4 is 96.5 Å². The molecule has 2 heteroatoms. The first-order valence-corrected chi connectivity index (χ1v) is 21.4. The van der Waals surface area contributed by atoms with Gasteiger partial charge in [-0.1, -0.05) is 182 Å². The molecular formula is C58H34OS. The first-order chi connectivity index (χ1) is 29.8. The zero-order valence-electron chi connectivity index (χ0n) is 32.4. The number of hydrogen-bond acceptors (Lipinski definition) is 2. The highest BCUT2D eigenvalue weighted by atomic mass is 32.1. The molecule has 0 amide bonds. The van der Waals surface area contributed by atoms with Crippen molar-refractivity contribution in [1.82, 2.24) is 0 Å². The molecule has 60 heavy (non-hydrogen) atoms. The number of furan rings is 1. The fraction of sp³-hybridized carbons (Fsp3) is 0. The summed E-state index contributed by atoms with van der Waals surface area (Å²) < 4.78 is 9.54. The van der Waals surface area contributed by atoms with Gasteiger partial charge in [0.2, 0.25) is 0 Å². The monoisotopic (exact) mass is 778 g/mol. The number of hydrogen-bond donors (Lipinski definition) is 0. The lowest BCUT2D eigenvalue weighted by Crippen LogP contribution is -1.91. The minimum absolute atomic E-state index is 0.886. The van der Waals surface area contributed by atoms with Crippen LogP contribution in [0.3, 0.4) is 0 Å². The Hall–Kier alpha value is -7.52. The van der Waals surface area contributed by atoms with Crippen molar-refractivity contribution in [1.29, 1.82) is 0 Å². The molecule has 0 saturated heterocycles. The maximum atomic E-state index is 6.89. The minimum Gasteiger partial charge on any atom is -0.456 e. The molecule has 11 aromatic carbocycles. The molecule has 2 heterocycles. The predicted molar refractivity (Wildman–Crippen MR) is 258 cm³/mol. The van der Waals surface area contributed by atoms with Gasteiger partial charge in [0, 0.05) is 36.5 Å². The third kappa shape index (κ3) is 4.80. The summed E-state index contributed by atoms with van der Waals surface area (Å²) >= 11 is 1.89. The largest absolute Gasteiger partial charge is 0.456 e. The van der Waals surface area contributed by atoms with E-state index in [1.54, 1.807) is 0 Å². The Kier molecular flexibility index (Phi) is 7.24. The van der Waals surface area contributed by atoms with Crippen molar-refractivity contribution in [2.75, 3.05) is 0 Å². The lowest BCUT2D eigenvalue weighted by molar-refractivity contribution is 0.669. The van der Waals surface area contributed by atoms with Crippen LogP contribution in [0.15, 0.2) is 211 Å². The van der Waals surface area contributed by atoms with E-state index in [4.69, 9.17) is 4.42 Å². The Morgan fingerprint density at radius 2 is 0.750 bits per heavy atom. The van der Waals surface area contributed by atoms with Crippen molar-refractivity contribution in [3.8, 4) is 44.5 Å². The van der Waals surface area contributed by atoms with E-state index in [-0.39, 0.29) is 0 Å². The molecule has 13 rings (SSSR count). The van der Waals surface area contributed by atoms with Gasteiger partial charge >= 0.3 is 0 Å². The van der Waals surface area contributed by atoms with Gasteiger partial charge in [-0.25, -0.2) is 0 Å². The summed E-state index contributed by atoms with van der Waals surface area (Å²) in [7, 11) is 0. The number of fused-ring (bicyclic) bond motifs is 10. The fourth-order valence-electron chi connectivity index (χ4n) is 10.2. The van der Waals surface area contributed by atoms with E-state index >= 15 is 0 Å². The maximum Gasteiger partial charge on any atom is 0.136 e. The van der Waals surface area contributed by atoms with Crippen LogP contribution in [0.5, 0.6) is 0 Å². The average molecular weight is 779 g/mol. The van der Waals surface area contributed by atoms with E-state index in [1.165, 1.54) is 102 Å². The molecule has 0 aliphatic heterocycles. The Bertz CT molecular complexity index is 3770. The summed E-state index contributed by atoms with van der Waals surface area (Å²) in [6, 6.07) is 75.5. The van der Waals surface area contributed by atoms with Gasteiger partial charge in [0.05, 0.1) is 0 Å². The molecule has 13 aromatic rings. The highest BCUT2D eigenvalue weighted by Crippen LogP contribution is 2.50. The molecule has 0 radical (unpaired) electrons. The summed E-state index contributed by atoms with van der Waals surface area (Å²) in [6.07, 6.45) is 0. The Balaban J connectivity index is 1.06. The molecule has 278 valence electrons. The number of rotatable bonds is 4. The van der Waals surface area contributed by atoms with Gasteiger partial charge in [-0.2, -0.15) is 0 Å². The van der Waals surface area contributed by atoms with Gasteiger partial charge in [-0.05, 0) is 106 Å². The topological polar surface area (TPSA) is 13.1 Å². The second kappa shape index (κ2) is 13.0. The van der Waals surface area contributed by atoms with Gasteiger partial charge in [0.25, 0.3) is 0 Å². The highest BCUT2D eigenvalue weighted by molar-refractivity contribution is 7.26. The zero-order valence-corrected chi connectivity index (χ0v) is 33.3. The van der Waals surface area contributed by atoms with Crippen molar-refractivity contribution < 1.29 is 4.42 Å². The number of thiophene rings is 1. The molecule has 0 N–H and O–H groups in total. The van der Waals surface area contributed by atoms with Crippen LogP contribution in [0, 0.1) is 0 Å². The predicted octanol–water partition coefficient (Wildman–Crippen LogP) is 17.2. The SMILES string of the molecule is c1ccc(-c2c3ccccc3c(-c3ccc4c(c3)oc3cccc(-c5c6ccccc6c(-c6cccc7c6sc6ccccc67)c6ccccc56)c34)c3ccccc23)cc1. The smallest absolute Gasteiger partial charge is 0.136 e. The third-order valence-corrected chi connectivity index (χ3v) is 13.9. The normalized spacial score (nSPS) is 12.0. The van der Waals surface area contributed by atoms with Crippen LogP contribution >= 0.6 is 11.3 Å². The molecule has 0 aliphatic rings. The van der Waals surface area contributed by atoms with Crippen LogP contribution in [0.25, 0.3) is 130 Å². The molecule has 2 aromatic heterocycles. The highest BCUT2D eigenvalue weighted by Gasteiger charge is 2.23. The second-order valence-electron chi connectivity index (χ2n) is 15.8. The number of benzene rings is 11. The van der Waals surface area contributed by atoms with Crippen LogP contribution in [-0.2, 0) is 0 Å². The van der Waals surface area contributed by atoms with E-state index in [2.05, 4.69) is 206 Å². The summed E-state index contributed by atoms with van der Waals surface area (Å²) in [5.74, 6) is 0. The van der Waals surface area contributed by atoms with Crippen molar-refractivity contribution in [3.05, 3.63) is 206 Å². The van der Waals surface area contributed by atoms with E-state index in [9.17, 15) is 0 Å². The molecule has 1 nitrogen and oxygen atoms in total. The van der Waals surface area contributed by atoms with Crippen molar-refractivity contribution in [2.45, 2.75) is 0 Å². The second-order valence-corrected chi connectivity index (χ2v) is 16.9. The summed E-state index contributed by atoms with van der Waals surface area (Å²) in [6.45, 7) is 0. The van der Waals surface area contributed by atoms with Crippen LogP contribution < -0.4 is 0 Å². The Labute approximate surface area is 350 Å². The fourth-order valence-corrected chi connectivity index (χ4v) is 11.4. The first kappa shape index (κ1) is 33.5. The van der Waals surface area contributed by atoms with E-state index in [1.807, 2.05) is 11.3 Å². The van der Waals surface area contributed by atoms with Crippen LogP contribution in [0.1, 0.15) is 0 Å². The van der Waals surface area contributed by atoms with Gasteiger partial charge in [-0.3, -0.25) is 0 Å². The minimum atomic E-state index is 0.886. The van der Waals surface area contributed by atoms with E-state index in [0.717, 1.165) is 27.5 Å². The molecule has 0 bridgehead atoms. The molecule has 0 unspecified atom stereocenters. The summed E-state index contributed by atoms with van der Waals surface area (Å²) in [5, 5.41) is 14.8. The average Bonchev–Trinajstić information content (AvgIpc) is 3.89. The zero-order chi connectivity index (χ0) is 39.3. The molecule has 0 saturated carbocycles. The van der Waals surface area contributed by atoms with E-state index in [0.29, 0.717) is 0 Å². The van der Waals surface area contributed by atoms with Crippen LogP contribution in [0.2, 0.25) is 0 Å². The summed E-state index contributed by atoms with van der Waals surface area (Å²) in [4.78, 5) is 0. The standard InChI is InChI=1S/C58H34OS/c1-2-16-35(17-3-1)53-38-19-4-6-21-40(38)54(41-22-7-5-20-39(41)53)36-32-33-47-51(34-36)59-50-30-15-28-48(57(47)50)55-42-23-8-10-25-44(42)56(45-26-11-9-24-43(45)55)49-29-14-27-46-37-18-12-13-31-52(37)60-58(46)49/h1-34H. The molecule has 0 aliphatic carbocycles. The molecule has 0 fully saturated rings. The quantitative estimate of drug-likeness (QED) is 0.162. The van der Waals surface area contributed by atoms with Crippen molar-refractivity contribution in [3.63, 3.8) is 0 Å². The summed E-state index contributed by atoms with van der Waals surface area (Å²) in [5.41, 5.74) is 11.6.